The Balaban J connectivity index is 2.31. The molecule has 0 fully saturated rings. The largest absolute Gasteiger partial charge is 0.362 e. The molecule has 0 saturated heterocycles. The number of benzene rings is 1. The van der Waals surface area contributed by atoms with Crippen molar-refractivity contribution in [3.63, 3.8) is 0 Å². The van der Waals surface area contributed by atoms with Crippen LogP contribution in [-0.2, 0) is 0 Å². The van der Waals surface area contributed by atoms with Crippen LogP contribution in [0.15, 0.2) is 24.4 Å². The van der Waals surface area contributed by atoms with Gasteiger partial charge in [-0.15, -0.1) is 0 Å². The maximum absolute atomic E-state index is 13.4. The molecule has 0 aliphatic rings. The Kier molecular flexibility index (Phi) is 3.19. The predicted molar refractivity (Wildman–Crippen MR) is 66.4 cm³/mol. The molecular weight excluding hydrogens is 223 g/mol. The highest BCUT2D eigenvalue weighted by Crippen LogP contribution is 2.29. The van der Waals surface area contributed by atoms with E-state index in [1.165, 1.54) is 11.3 Å². The van der Waals surface area contributed by atoms with Crippen LogP contribution in [-0.4, -0.2) is 11.5 Å². The Labute approximate surface area is 98.2 Å². The van der Waals surface area contributed by atoms with E-state index in [1.54, 1.807) is 25.3 Å². The molecule has 4 heteroatoms. The van der Waals surface area contributed by atoms with Crippen LogP contribution in [0.4, 0.5) is 9.52 Å². The Bertz CT molecular complexity index is 494. The number of nitrogens with zero attached hydrogens (tertiary/aromatic N) is 1. The lowest BCUT2D eigenvalue weighted by Crippen LogP contribution is -1.94. The molecule has 16 heavy (non-hydrogen) atoms. The topological polar surface area (TPSA) is 24.9 Å². The number of anilines is 1. The number of rotatable bonds is 3. The summed E-state index contributed by atoms with van der Waals surface area (Å²) in [6.45, 7) is 4.62. The molecule has 0 amide bonds. The van der Waals surface area contributed by atoms with Crippen molar-refractivity contribution in [2.45, 2.75) is 13.8 Å². The van der Waals surface area contributed by atoms with E-state index in [1.807, 2.05) is 13.0 Å². The summed E-state index contributed by atoms with van der Waals surface area (Å²) in [5.74, 6) is -0.170. The van der Waals surface area contributed by atoms with Crippen LogP contribution in [0, 0.1) is 12.7 Å². The number of thiazole rings is 1. The molecule has 84 valence electrons. The van der Waals surface area contributed by atoms with Gasteiger partial charge in [-0.1, -0.05) is 23.5 Å². The van der Waals surface area contributed by atoms with Gasteiger partial charge in [0.25, 0.3) is 0 Å². The summed E-state index contributed by atoms with van der Waals surface area (Å²) in [6, 6.07) is 5.26. The van der Waals surface area contributed by atoms with E-state index in [9.17, 15) is 4.39 Å². The van der Waals surface area contributed by atoms with Gasteiger partial charge in [-0.3, -0.25) is 0 Å². The highest BCUT2D eigenvalue weighted by Gasteiger charge is 2.05. The smallest absolute Gasteiger partial charge is 0.183 e. The van der Waals surface area contributed by atoms with E-state index in [0.717, 1.165) is 22.1 Å². The zero-order valence-corrected chi connectivity index (χ0v) is 10.1. The molecule has 0 aliphatic carbocycles. The molecule has 0 aliphatic heterocycles. The van der Waals surface area contributed by atoms with Crippen molar-refractivity contribution in [1.82, 2.24) is 4.98 Å². The molecule has 0 atom stereocenters. The second kappa shape index (κ2) is 4.61. The van der Waals surface area contributed by atoms with Crippen molar-refractivity contribution in [2.24, 2.45) is 0 Å². The van der Waals surface area contributed by atoms with Crippen molar-refractivity contribution >= 4 is 16.5 Å². The van der Waals surface area contributed by atoms with Crippen LogP contribution >= 0.6 is 11.3 Å². The van der Waals surface area contributed by atoms with Gasteiger partial charge in [0.05, 0.1) is 4.88 Å². The number of hydrogen-bond acceptors (Lipinski definition) is 3. The quantitative estimate of drug-likeness (QED) is 0.879. The summed E-state index contributed by atoms with van der Waals surface area (Å²) < 4.78 is 13.4. The van der Waals surface area contributed by atoms with Gasteiger partial charge in [0.2, 0.25) is 0 Å². The minimum atomic E-state index is -0.170. The molecule has 1 aromatic heterocycles. The third kappa shape index (κ3) is 2.22. The Morgan fingerprint density at radius 2 is 2.25 bits per heavy atom. The van der Waals surface area contributed by atoms with Crippen molar-refractivity contribution < 1.29 is 4.39 Å². The minimum Gasteiger partial charge on any atom is -0.362 e. The van der Waals surface area contributed by atoms with Crippen molar-refractivity contribution in [1.29, 1.82) is 0 Å². The van der Waals surface area contributed by atoms with Gasteiger partial charge in [-0.05, 0) is 31.0 Å². The average Bonchev–Trinajstić information content (AvgIpc) is 2.71. The summed E-state index contributed by atoms with van der Waals surface area (Å²) in [7, 11) is 0. The summed E-state index contributed by atoms with van der Waals surface area (Å²) in [6.07, 6.45) is 1.77. The first kappa shape index (κ1) is 11.1. The van der Waals surface area contributed by atoms with Gasteiger partial charge in [-0.2, -0.15) is 0 Å². The Hall–Kier alpha value is -1.42. The van der Waals surface area contributed by atoms with Gasteiger partial charge in [0.15, 0.2) is 5.13 Å². The van der Waals surface area contributed by atoms with E-state index in [2.05, 4.69) is 10.3 Å². The lowest BCUT2D eigenvalue weighted by Gasteiger charge is -1.99. The maximum Gasteiger partial charge on any atom is 0.183 e. The summed E-state index contributed by atoms with van der Waals surface area (Å²) in [4.78, 5) is 5.20. The van der Waals surface area contributed by atoms with Gasteiger partial charge in [0.1, 0.15) is 5.82 Å². The molecule has 0 unspecified atom stereocenters. The fraction of sp³-hybridized carbons (Fsp3) is 0.250. The van der Waals surface area contributed by atoms with Crippen LogP contribution in [0.1, 0.15) is 12.5 Å². The fourth-order valence-corrected chi connectivity index (χ4v) is 2.27. The van der Waals surface area contributed by atoms with Crippen LogP contribution in [0.3, 0.4) is 0 Å². The molecule has 2 nitrogen and oxygen atoms in total. The Morgan fingerprint density at radius 3 is 2.94 bits per heavy atom. The zero-order chi connectivity index (χ0) is 11.5. The van der Waals surface area contributed by atoms with E-state index in [4.69, 9.17) is 0 Å². The molecule has 0 saturated carbocycles. The molecule has 0 bridgehead atoms. The molecule has 1 heterocycles. The first-order valence-corrected chi connectivity index (χ1v) is 5.98. The van der Waals surface area contributed by atoms with E-state index in [0.29, 0.717) is 5.56 Å². The molecule has 1 N–H and O–H groups in total. The summed E-state index contributed by atoms with van der Waals surface area (Å²) in [5, 5.41) is 4.01. The monoisotopic (exact) mass is 236 g/mol. The van der Waals surface area contributed by atoms with E-state index in [-0.39, 0.29) is 5.82 Å². The lowest BCUT2D eigenvalue weighted by atomic mass is 10.1. The summed E-state index contributed by atoms with van der Waals surface area (Å²) >= 11 is 1.54. The highest BCUT2D eigenvalue weighted by atomic mass is 32.1. The number of halogens is 1. The Morgan fingerprint density at radius 1 is 1.44 bits per heavy atom. The molecule has 1 aromatic carbocycles. The lowest BCUT2D eigenvalue weighted by molar-refractivity contribution is 0.619. The van der Waals surface area contributed by atoms with E-state index >= 15 is 0 Å². The number of hydrogen-bond donors (Lipinski definition) is 1. The van der Waals surface area contributed by atoms with Gasteiger partial charge < -0.3 is 5.32 Å². The van der Waals surface area contributed by atoms with Crippen LogP contribution in [0.5, 0.6) is 0 Å². The highest BCUT2D eigenvalue weighted by molar-refractivity contribution is 7.18. The molecule has 2 rings (SSSR count). The molecule has 0 spiro atoms. The molecule has 2 aromatic rings. The standard InChI is InChI=1S/C12H13FN2S/c1-3-14-12-15-7-11(16-12)9-5-4-8(2)10(13)6-9/h4-7H,3H2,1-2H3,(H,14,15). The zero-order valence-electron chi connectivity index (χ0n) is 9.25. The van der Waals surface area contributed by atoms with Crippen molar-refractivity contribution in [3.05, 3.63) is 35.8 Å². The molecular formula is C12H13FN2S. The summed E-state index contributed by atoms with van der Waals surface area (Å²) in [5.41, 5.74) is 1.55. The van der Waals surface area contributed by atoms with Gasteiger partial charge in [0, 0.05) is 12.7 Å². The molecule has 0 radical (unpaired) electrons. The van der Waals surface area contributed by atoms with Crippen molar-refractivity contribution in [2.75, 3.05) is 11.9 Å². The van der Waals surface area contributed by atoms with Crippen LogP contribution in [0.2, 0.25) is 0 Å². The third-order valence-corrected chi connectivity index (χ3v) is 3.29. The van der Waals surface area contributed by atoms with Crippen LogP contribution < -0.4 is 5.32 Å². The van der Waals surface area contributed by atoms with Crippen molar-refractivity contribution in [3.8, 4) is 10.4 Å². The second-order valence-corrected chi connectivity index (χ2v) is 4.55. The number of aryl methyl sites for hydroxylation is 1. The van der Waals surface area contributed by atoms with Gasteiger partial charge >= 0.3 is 0 Å². The normalized spacial score (nSPS) is 10.4. The van der Waals surface area contributed by atoms with E-state index < -0.39 is 0 Å². The maximum atomic E-state index is 13.4. The second-order valence-electron chi connectivity index (χ2n) is 3.52. The third-order valence-electron chi connectivity index (χ3n) is 2.29. The number of nitrogens with one attached hydrogen (secondary N) is 1. The SMILES string of the molecule is CCNc1ncc(-c2ccc(C)c(F)c2)s1. The van der Waals surface area contributed by atoms with Gasteiger partial charge in [-0.25, -0.2) is 9.37 Å². The number of aromatic nitrogens is 1. The first-order chi connectivity index (χ1) is 7.70. The first-order valence-electron chi connectivity index (χ1n) is 5.17. The minimum absolute atomic E-state index is 0.170. The fourth-order valence-electron chi connectivity index (χ4n) is 1.39. The predicted octanol–water partition coefficient (Wildman–Crippen LogP) is 3.69. The van der Waals surface area contributed by atoms with Crippen LogP contribution in [0.25, 0.3) is 10.4 Å². The average molecular weight is 236 g/mol.